The Morgan fingerprint density at radius 3 is 2.62 bits per heavy atom. The van der Waals surface area contributed by atoms with Crippen LogP contribution in [0.5, 0.6) is 5.75 Å². The van der Waals surface area contributed by atoms with Gasteiger partial charge in [-0.25, -0.2) is 4.39 Å². The minimum atomic E-state index is -0.188. The molecule has 1 aliphatic rings. The van der Waals surface area contributed by atoms with Gasteiger partial charge in [0.2, 0.25) is 5.82 Å². The molecule has 0 atom stereocenters. The molecule has 0 aliphatic carbocycles. The van der Waals surface area contributed by atoms with Crippen LogP contribution in [-0.4, -0.2) is 39.7 Å². The van der Waals surface area contributed by atoms with Gasteiger partial charge in [-0.1, -0.05) is 23.4 Å². The van der Waals surface area contributed by atoms with Crippen LogP contribution in [0.2, 0.25) is 0 Å². The van der Waals surface area contributed by atoms with Gasteiger partial charge in [-0.3, -0.25) is 9.88 Å². The molecule has 7 heteroatoms. The largest absolute Gasteiger partial charge is 0.493 e. The van der Waals surface area contributed by atoms with Crippen molar-refractivity contribution in [3.8, 4) is 28.6 Å². The van der Waals surface area contributed by atoms with Gasteiger partial charge < -0.3 is 9.26 Å². The van der Waals surface area contributed by atoms with Gasteiger partial charge in [-0.2, -0.15) is 4.98 Å². The van der Waals surface area contributed by atoms with Crippen molar-refractivity contribution >= 4 is 0 Å². The van der Waals surface area contributed by atoms with Crippen LogP contribution in [0.4, 0.5) is 4.39 Å². The molecule has 0 N–H and O–H groups in total. The van der Waals surface area contributed by atoms with Crippen molar-refractivity contribution in [2.24, 2.45) is 5.92 Å². The summed E-state index contributed by atoms with van der Waals surface area (Å²) in [5.74, 6) is 2.09. The van der Waals surface area contributed by atoms with Crippen molar-refractivity contribution in [1.29, 1.82) is 0 Å². The van der Waals surface area contributed by atoms with E-state index in [9.17, 15) is 4.39 Å². The van der Waals surface area contributed by atoms with Gasteiger partial charge in [0.25, 0.3) is 5.89 Å². The summed E-state index contributed by atoms with van der Waals surface area (Å²) in [4.78, 5) is 11.2. The van der Waals surface area contributed by atoms with Crippen molar-refractivity contribution in [2.45, 2.75) is 26.3 Å². The number of benzene rings is 2. The maximum atomic E-state index is 13.1. The Hall–Kier alpha value is -3.58. The Kier molecular flexibility index (Phi) is 6.62. The molecule has 2 aromatic carbocycles. The number of nitrogens with zero attached hydrogens (tertiary/aromatic N) is 4. The van der Waals surface area contributed by atoms with E-state index in [0.29, 0.717) is 24.2 Å². The summed E-state index contributed by atoms with van der Waals surface area (Å²) in [6.07, 6.45) is 3.91. The highest BCUT2D eigenvalue weighted by Gasteiger charge is 2.20. The SMILES string of the molecule is Cc1ccc(-c2noc(-c3cccc(OCC4CCN(Cc5ccc(F)cc5)CC4)c3)n2)cn1. The Morgan fingerprint density at radius 1 is 1.03 bits per heavy atom. The molecule has 3 heterocycles. The lowest BCUT2D eigenvalue weighted by molar-refractivity contribution is 0.136. The van der Waals surface area contributed by atoms with Crippen LogP contribution in [0.3, 0.4) is 0 Å². The zero-order chi connectivity index (χ0) is 23.3. The highest BCUT2D eigenvalue weighted by atomic mass is 19.1. The average molecular weight is 459 g/mol. The van der Waals surface area contributed by atoms with Gasteiger partial charge in [0.1, 0.15) is 11.6 Å². The zero-order valence-corrected chi connectivity index (χ0v) is 19.2. The molecule has 1 saturated heterocycles. The summed E-state index contributed by atoms with van der Waals surface area (Å²) >= 11 is 0. The fourth-order valence-corrected chi connectivity index (χ4v) is 4.15. The Balaban J connectivity index is 1.14. The molecule has 0 unspecified atom stereocenters. The summed E-state index contributed by atoms with van der Waals surface area (Å²) in [5, 5.41) is 4.09. The Labute approximate surface area is 198 Å². The van der Waals surface area contributed by atoms with Crippen molar-refractivity contribution in [3.63, 3.8) is 0 Å². The molecular weight excluding hydrogens is 431 g/mol. The third-order valence-electron chi connectivity index (χ3n) is 6.19. The van der Waals surface area contributed by atoms with Crippen molar-refractivity contribution in [2.75, 3.05) is 19.7 Å². The van der Waals surface area contributed by atoms with Gasteiger partial charge in [0, 0.05) is 29.6 Å². The quantitative estimate of drug-likeness (QED) is 0.362. The van der Waals surface area contributed by atoms with Crippen LogP contribution in [0.25, 0.3) is 22.8 Å². The number of halogens is 1. The van der Waals surface area contributed by atoms with E-state index in [1.807, 2.05) is 55.5 Å². The lowest BCUT2D eigenvalue weighted by atomic mass is 9.97. The smallest absolute Gasteiger partial charge is 0.258 e. The van der Waals surface area contributed by atoms with Crippen LogP contribution in [0, 0.1) is 18.7 Å². The van der Waals surface area contributed by atoms with E-state index >= 15 is 0 Å². The van der Waals surface area contributed by atoms with E-state index < -0.39 is 0 Å². The van der Waals surface area contributed by atoms with Crippen LogP contribution in [0.15, 0.2) is 71.4 Å². The molecule has 0 saturated carbocycles. The zero-order valence-electron chi connectivity index (χ0n) is 19.2. The van der Waals surface area contributed by atoms with E-state index in [1.54, 1.807) is 6.20 Å². The fraction of sp³-hybridized carbons (Fsp3) is 0.296. The second-order valence-electron chi connectivity index (χ2n) is 8.80. The van der Waals surface area contributed by atoms with E-state index in [1.165, 1.54) is 12.1 Å². The second-order valence-corrected chi connectivity index (χ2v) is 8.80. The molecule has 0 bridgehead atoms. The summed E-state index contributed by atoms with van der Waals surface area (Å²) in [6, 6.07) is 18.4. The Bertz CT molecular complexity index is 1220. The highest BCUT2D eigenvalue weighted by molar-refractivity contribution is 5.60. The molecular formula is C27H27FN4O2. The lowest BCUT2D eigenvalue weighted by Crippen LogP contribution is -2.35. The predicted octanol–water partition coefficient (Wildman–Crippen LogP) is 5.54. The van der Waals surface area contributed by atoms with Gasteiger partial charge in [-0.15, -0.1) is 0 Å². The summed E-state index contributed by atoms with van der Waals surface area (Å²) in [7, 11) is 0. The van der Waals surface area contributed by atoms with Crippen LogP contribution < -0.4 is 4.74 Å². The van der Waals surface area contributed by atoms with E-state index in [2.05, 4.69) is 20.0 Å². The molecule has 2 aromatic heterocycles. The minimum absolute atomic E-state index is 0.188. The summed E-state index contributed by atoms with van der Waals surface area (Å²) in [5.41, 5.74) is 3.73. The maximum Gasteiger partial charge on any atom is 0.258 e. The summed E-state index contributed by atoms with van der Waals surface area (Å²) in [6.45, 7) is 5.51. The summed E-state index contributed by atoms with van der Waals surface area (Å²) < 4.78 is 24.7. The van der Waals surface area contributed by atoms with Gasteiger partial charge in [0.15, 0.2) is 0 Å². The number of piperidine rings is 1. The number of rotatable bonds is 7. The predicted molar refractivity (Wildman–Crippen MR) is 128 cm³/mol. The second kappa shape index (κ2) is 10.1. The molecule has 1 aliphatic heterocycles. The monoisotopic (exact) mass is 458 g/mol. The number of aryl methyl sites for hydroxylation is 1. The lowest BCUT2D eigenvalue weighted by Gasteiger charge is -2.31. The van der Waals surface area contributed by atoms with Crippen LogP contribution in [0.1, 0.15) is 24.1 Å². The van der Waals surface area contributed by atoms with Crippen LogP contribution in [-0.2, 0) is 6.54 Å². The first kappa shape index (κ1) is 22.2. The molecule has 0 radical (unpaired) electrons. The first-order valence-electron chi connectivity index (χ1n) is 11.6. The number of ether oxygens (including phenoxy) is 1. The van der Waals surface area contributed by atoms with Crippen molar-refractivity contribution in [3.05, 3.63) is 83.9 Å². The number of likely N-dealkylation sites (tertiary alicyclic amines) is 1. The average Bonchev–Trinajstić information content (AvgIpc) is 3.36. The molecule has 0 spiro atoms. The Morgan fingerprint density at radius 2 is 1.85 bits per heavy atom. The van der Waals surface area contributed by atoms with E-state index in [4.69, 9.17) is 9.26 Å². The fourth-order valence-electron chi connectivity index (χ4n) is 4.15. The number of hydrogen-bond donors (Lipinski definition) is 0. The van der Waals surface area contributed by atoms with Gasteiger partial charge in [-0.05, 0) is 86.8 Å². The topological polar surface area (TPSA) is 64.3 Å². The molecule has 4 aromatic rings. The molecule has 6 nitrogen and oxygen atoms in total. The molecule has 1 fully saturated rings. The number of hydrogen-bond acceptors (Lipinski definition) is 6. The third-order valence-corrected chi connectivity index (χ3v) is 6.19. The normalized spacial score (nSPS) is 14.9. The van der Waals surface area contributed by atoms with Gasteiger partial charge in [0.05, 0.1) is 6.61 Å². The number of aromatic nitrogens is 3. The van der Waals surface area contributed by atoms with E-state index in [0.717, 1.165) is 60.6 Å². The molecule has 34 heavy (non-hydrogen) atoms. The minimum Gasteiger partial charge on any atom is -0.493 e. The molecule has 0 amide bonds. The maximum absolute atomic E-state index is 13.1. The highest BCUT2D eigenvalue weighted by Crippen LogP contribution is 2.26. The number of pyridine rings is 1. The standard InChI is InChI=1S/C27H27FN4O2/c1-19-5-8-23(16-29-19)26-30-27(34-31-26)22-3-2-4-25(15-22)33-18-21-11-13-32(14-12-21)17-20-6-9-24(28)10-7-20/h2-10,15-16,21H,11-14,17-18H2,1H3. The van der Waals surface area contributed by atoms with Crippen molar-refractivity contribution in [1.82, 2.24) is 20.0 Å². The molecule has 174 valence electrons. The first-order valence-corrected chi connectivity index (χ1v) is 11.6. The van der Waals surface area contributed by atoms with Crippen molar-refractivity contribution < 1.29 is 13.7 Å². The first-order chi connectivity index (χ1) is 16.6. The molecule has 5 rings (SSSR count). The van der Waals surface area contributed by atoms with E-state index in [-0.39, 0.29) is 5.82 Å². The van der Waals surface area contributed by atoms with Crippen LogP contribution >= 0.6 is 0 Å². The van der Waals surface area contributed by atoms with Gasteiger partial charge >= 0.3 is 0 Å². The third kappa shape index (κ3) is 5.48.